The Balaban J connectivity index is 1.21. The van der Waals surface area contributed by atoms with Crippen LogP contribution in [0.25, 0.3) is 0 Å². The van der Waals surface area contributed by atoms with Crippen LogP contribution >= 0.6 is 11.6 Å². The molecule has 1 unspecified atom stereocenters. The molecule has 1 aromatic rings. The van der Waals surface area contributed by atoms with Gasteiger partial charge in [-0.3, -0.25) is 29.1 Å². The summed E-state index contributed by atoms with van der Waals surface area (Å²) in [6, 6.07) is 0.256. The number of imide groups is 2. The molecule has 55 heavy (non-hydrogen) atoms. The number of aryl methyl sites for hydroxylation is 1. The van der Waals surface area contributed by atoms with E-state index in [-0.39, 0.29) is 29.1 Å². The quantitative estimate of drug-likeness (QED) is 0.119. The highest BCUT2D eigenvalue weighted by Crippen LogP contribution is 2.36. The van der Waals surface area contributed by atoms with Crippen molar-refractivity contribution >= 4 is 46.7 Å². The number of benzene rings is 1. The molecule has 12 nitrogen and oxygen atoms in total. The van der Waals surface area contributed by atoms with Gasteiger partial charge in [0.15, 0.2) is 6.04 Å². The fourth-order valence-electron chi connectivity index (χ4n) is 9.25. The largest absolute Gasteiger partial charge is 0.359 e. The van der Waals surface area contributed by atoms with Gasteiger partial charge in [-0.05, 0) is 76.0 Å². The van der Waals surface area contributed by atoms with Crippen molar-refractivity contribution < 1.29 is 19.2 Å². The number of azo groups is 2. The summed E-state index contributed by atoms with van der Waals surface area (Å²) in [4.78, 5) is 62.4. The van der Waals surface area contributed by atoms with Gasteiger partial charge in [-0.2, -0.15) is 20.5 Å². The molecule has 13 heteroatoms. The van der Waals surface area contributed by atoms with Crippen molar-refractivity contribution in [3.63, 3.8) is 0 Å². The zero-order valence-corrected chi connectivity index (χ0v) is 33.6. The molecule has 6 rings (SSSR count). The van der Waals surface area contributed by atoms with E-state index in [4.69, 9.17) is 11.6 Å². The lowest BCUT2D eigenvalue weighted by Gasteiger charge is -2.44. The molecule has 1 heterocycles. The molecule has 5 aliphatic rings. The second kappa shape index (κ2) is 18.8. The molecular weight excluding hydrogens is 716 g/mol. The lowest BCUT2D eigenvalue weighted by atomic mass is 9.91. The molecule has 4 saturated carbocycles. The van der Waals surface area contributed by atoms with Crippen LogP contribution in [0.1, 0.15) is 134 Å². The Hall–Kier alpha value is -3.93. The van der Waals surface area contributed by atoms with Gasteiger partial charge in [0.05, 0.1) is 10.7 Å². The number of halogens is 1. The summed E-state index contributed by atoms with van der Waals surface area (Å²) in [5.41, 5.74) is 1.33. The summed E-state index contributed by atoms with van der Waals surface area (Å²) in [6.45, 7) is 10.2. The number of rotatable bonds is 12. The van der Waals surface area contributed by atoms with Crippen LogP contribution in [0.2, 0.25) is 5.02 Å². The highest BCUT2D eigenvalue weighted by molar-refractivity contribution is 6.33. The van der Waals surface area contributed by atoms with Crippen LogP contribution in [0.4, 0.5) is 16.2 Å². The SMILES string of the molecule is C=CC(/N=N/c1cc(C)c(/N=N/C2C(=O)N(C3CCCCC3)C(=O)N(C3CCCCC3)C2=O)cc1Cl)C(=O)N(C(=C)N(C)C1CCCCC1)C1CCCCC1. The number of hydrogen-bond donors (Lipinski definition) is 0. The molecule has 1 aromatic carbocycles. The van der Waals surface area contributed by atoms with Gasteiger partial charge in [-0.1, -0.05) is 101 Å². The van der Waals surface area contributed by atoms with Crippen LogP contribution < -0.4 is 0 Å². The second-order valence-electron chi connectivity index (χ2n) is 16.2. The van der Waals surface area contributed by atoms with Crippen molar-refractivity contribution in [2.75, 3.05) is 7.05 Å². The Morgan fingerprint density at radius 2 is 1.25 bits per heavy atom. The summed E-state index contributed by atoms with van der Waals surface area (Å²) < 4.78 is 0. The first-order chi connectivity index (χ1) is 26.6. The van der Waals surface area contributed by atoms with E-state index in [1.807, 2.05) is 11.9 Å². The molecule has 5 fully saturated rings. The van der Waals surface area contributed by atoms with Crippen LogP contribution in [-0.2, 0) is 14.4 Å². The third-order valence-corrected chi connectivity index (χ3v) is 12.8. The normalized spacial score (nSPS) is 22.5. The van der Waals surface area contributed by atoms with E-state index < -0.39 is 29.9 Å². The molecule has 0 radical (unpaired) electrons. The number of carbonyl (C=O) groups excluding carboxylic acids is 4. The lowest BCUT2D eigenvalue weighted by molar-refractivity contribution is -0.148. The van der Waals surface area contributed by atoms with Gasteiger partial charge in [0, 0.05) is 31.2 Å². The van der Waals surface area contributed by atoms with Crippen molar-refractivity contribution in [2.24, 2.45) is 20.5 Å². The number of barbiturate groups is 1. The molecule has 1 atom stereocenters. The molecule has 0 aromatic heterocycles. The smallest absolute Gasteiger partial charge is 0.334 e. The first-order valence-electron chi connectivity index (χ1n) is 20.8. The van der Waals surface area contributed by atoms with Crippen LogP contribution in [-0.4, -0.2) is 86.7 Å². The molecule has 4 aliphatic carbocycles. The van der Waals surface area contributed by atoms with E-state index in [0.29, 0.717) is 28.8 Å². The predicted octanol–water partition coefficient (Wildman–Crippen LogP) is 10.1. The standard InChI is InChI=1S/C42H59ClN8O4/c1-5-35(39(52)49(31-20-12-7-13-21-31)29(3)48(4)30-18-10-6-11-19-30)44-46-37-26-28(2)36(27-34(37)43)45-47-38-40(53)50(32-22-14-8-15-23-32)42(55)51(41(38)54)33-24-16-9-17-25-33/h5,26-27,30-33,35,38H,1,3,6-25H2,2,4H3/b46-44+,47-45+. The van der Waals surface area contributed by atoms with Crippen LogP contribution in [0.3, 0.4) is 0 Å². The van der Waals surface area contributed by atoms with Crippen molar-refractivity contribution in [1.82, 2.24) is 19.6 Å². The lowest BCUT2D eigenvalue weighted by Crippen LogP contribution is -2.66. The number of nitrogens with zero attached hydrogens (tertiary/aromatic N) is 8. The minimum atomic E-state index is -1.45. The molecule has 0 spiro atoms. The predicted molar refractivity (Wildman–Crippen MR) is 213 cm³/mol. The monoisotopic (exact) mass is 774 g/mol. The summed E-state index contributed by atoms with van der Waals surface area (Å²) in [5.74, 6) is -0.720. The second-order valence-corrected chi connectivity index (χ2v) is 16.6. The maximum absolute atomic E-state index is 14.3. The number of amides is 5. The topological polar surface area (TPSA) is 131 Å². The summed E-state index contributed by atoms with van der Waals surface area (Å²) >= 11 is 6.72. The van der Waals surface area contributed by atoms with Crippen molar-refractivity contribution in [3.8, 4) is 0 Å². The Morgan fingerprint density at radius 3 is 1.76 bits per heavy atom. The van der Waals surface area contributed by atoms with E-state index in [0.717, 1.165) is 109 Å². The van der Waals surface area contributed by atoms with Crippen molar-refractivity contribution in [3.05, 3.63) is 47.8 Å². The molecular formula is C42H59ClN8O4. The van der Waals surface area contributed by atoms with E-state index in [2.05, 4.69) is 38.5 Å². The number of hydrogen-bond acceptors (Lipinski definition) is 9. The van der Waals surface area contributed by atoms with Crippen molar-refractivity contribution in [1.29, 1.82) is 0 Å². The van der Waals surface area contributed by atoms with E-state index in [9.17, 15) is 19.2 Å². The van der Waals surface area contributed by atoms with Crippen LogP contribution in [0, 0.1) is 6.92 Å². The molecule has 0 bridgehead atoms. The number of carbonyl (C=O) groups is 4. The fourth-order valence-corrected chi connectivity index (χ4v) is 9.45. The fraction of sp³-hybridized carbons (Fsp3) is 0.667. The van der Waals surface area contributed by atoms with Gasteiger partial charge in [-0.15, -0.1) is 6.58 Å². The van der Waals surface area contributed by atoms with Gasteiger partial charge in [-0.25, -0.2) is 4.79 Å². The third kappa shape index (κ3) is 9.21. The molecule has 1 saturated heterocycles. The Morgan fingerprint density at radius 1 is 0.764 bits per heavy atom. The Bertz CT molecular complexity index is 1620. The third-order valence-electron chi connectivity index (χ3n) is 12.5. The first kappa shape index (κ1) is 40.7. The van der Waals surface area contributed by atoms with Gasteiger partial charge in [0.1, 0.15) is 11.5 Å². The summed E-state index contributed by atoms with van der Waals surface area (Å²) in [5, 5.41) is 17.8. The Kier molecular flexibility index (Phi) is 13.9. The van der Waals surface area contributed by atoms with E-state index in [1.165, 1.54) is 35.1 Å². The average Bonchev–Trinajstić information content (AvgIpc) is 3.21. The first-order valence-corrected chi connectivity index (χ1v) is 21.2. The molecule has 5 amide bonds. The van der Waals surface area contributed by atoms with Gasteiger partial charge in [0.2, 0.25) is 6.04 Å². The minimum Gasteiger partial charge on any atom is -0.359 e. The molecule has 298 valence electrons. The average molecular weight is 775 g/mol. The zero-order chi connectivity index (χ0) is 39.1. The van der Waals surface area contributed by atoms with E-state index in [1.54, 1.807) is 19.1 Å². The maximum atomic E-state index is 14.3. The summed E-state index contributed by atoms with van der Waals surface area (Å²) in [6.07, 6.45) is 21.1. The van der Waals surface area contributed by atoms with Crippen molar-refractivity contribution in [2.45, 2.75) is 172 Å². The van der Waals surface area contributed by atoms with Gasteiger partial charge >= 0.3 is 6.03 Å². The molecule has 0 N–H and O–H groups in total. The highest BCUT2D eigenvalue weighted by atomic mass is 35.5. The minimum absolute atomic E-state index is 0.0402. The highest BCUT2D eigenvalue weighted by Gasteiger charge is 2.51. The Labute approximate surface area is 331 Å². The zero-order valence-electron chi connectivity index (χ0n) is 32.8. The maximum Gasteiger partial charge on any atom is 0.334 e. The molecule has 1 aliphatic heterocycles. The van der Waals surface area contributed by atoms with Crippen LogP contribution in [0.15, 0.2) is 57.6 Å². The number of urea groups is 1. The van der Waals surface area contributed by atoms with E-state index >= 15 is 0 Å². The van der Waals surface area contributed by atoms with Gasteiger partial charge < -0.3 is 4.90 Å². The van der Waals surface area contributed by atoms with Crippen LogP contribution in [0.5, 0.6) is 0 Å². The van der Waals surface area contributed by atoms with Gasteiger partial charge in [0.25, 0.3) is 17.7 Å². The summed E-state index contributed by atoms with van der Waals surface area (Å²) in [7, 11) is 2.05.